The number of benzene rings is 2. The Hall–Kier alpha value is -1.32. The minimum absolute atomic E-state index is 0.258. The number of H-pyrrole nitrogens is 1. The number of aryl methyl sites for hydroxylation is 1. The van der Waals surface area contributed by atoms with Crippen LogP contribution in [-0.4, -0.2) is 9.97 Å². The van der Waals surface area contributed by atoms with Crippen molar-refractivity contribution in [2.24, 2.45) is 0 Å². The smallest absolute Gasteiger partial charge is 0.129 e. The predicted octanol–water partition coefficient (Wildman–Crippen LogP) is 4.96. The first kappa shape index (κ1) is 12.7. The second kappa shape index (κ2) is 4.99. The van der Waals surface area contributed by atoms with E-state index >= 15 is 0 Å². The minimum Gasteiger partial charge on any atom is -0.340 e. The summed E-state index contributed by atoms with van der Waals surface area (Å²) in [7, 11) is 0. The molecular formula is C15H12BrClN2. The molecule has 1 unspecified atom stereocenters. The highest BCUT2D eigenvalue weighted by molar-refractivity contribution is 9.10. The Kier molecular flexibility index (Phi) is 3.33. The predicted molar refractivity (Wildman–Crippen MR) is 82.7 cm³/mol. The molecule has 3 rings (SSSR count). The van der Waals surface area contributed by atoms with Gasteiger partial charge in [-0.1, -0.05) is 46.3 Å². The molecule has 96 valence electrons. The molecule has 1 aromatic heterocycles. The number of hydrogen-bond acceptors (Lipinski definition) is 1. The van der Waals surface area contributed by atoms with Crippen LogP contribution in [0.4, 0.5) is 0 Å². The Morgan fingerprint density at radius 3 is 2.68 bits per heavy atom. The Bertz CT molecular complexity index is 722. The number of aromatic amines is 1. The number of aromatic nitrogens is 2. The van der Waals surface area contributed by atoms with Crippen molar-refractivity contribution >= 4 is 38.6 Å². The molecule has 3 aromatic rings. The maximum Gasteiger partial charge on any atom is 0.129 e. The van der Waals surface area contributed by atoms with E-state index in [1.165, 1.54) is 0 Å². The van der Waals surface area contributed by atoms with Crippen molar-refractivity contribution in [3.05, 3.63) is 63.9 Å². The van der Waals surface area contributed by atoms with Crippen molar-refractivity contribution in [1.82, 2.24) is 9.97 Å². The molecule has 0 bridgehead atoms. The van der Waals surface area contributed by atoms with E-state index in [0.29, 0.717) is 0 Å². The first-order valence-electron chi connectivity index (χ1n) is 6.00. The zero-order chi connectivity index (χ0) is 13.4. The lowest BCUT2D eigenvalue weighted by Crippen LogP contribution is -1.95. The Morgan fingerprint density at radius 1 is 1.21 bits per heavy atom. The van der Waals surface area contributed by atoms with E-state index in [2.05, 4.69) is 32.0 Å². The van der Waals surface area contributed by atoms with Gasteiger partial charge in [-0.05, 0) is 30.2 Å². The summed E-state index contributed by atoms with van der Waals surface area (Å²) in [5.74, 6) is 0.782. The number of nitrogens with one attached hydrogen (secondary N) is 1. The molecule has 2 nitrogen and oxygen atoms in total. The van der Waals surface area contributed by atoms with Gasteiger partial charge in [0, 0.05) is 4.47 Å². The molecule has 0 amide bonds. The molecular weight excluding hydrogens is 324 g/mol. The van der Waals surface area contributed by atoms with Gasteiger partial charge in [0.2, 0.25) is 0 Å². The van der Waals surface area contributed by atoms with Crippen LogP contribution in [0.2, 0.25) is 0 Å². The van der Waals surface area contributed by atoms with E-state index < -0.39 is 0 Å². The molecule has 0 aliphatic heterocycles. The van der Waals surface area contributed by atoms with Crippen molar-refractivity contribution < 1.29 is 0 Å². The molecule has 0 saturated heterocycles. The van der Waals surface area contributed by atoms with Gasteiger partial charge in [-0.25, -0.2) is 4.98 Å². The molecule has 19 heavy (non-hydrogen) atoms. The van der Waals surface area contributed by atoms with Gasteiger partial charge in [0.05, 0.1) is 11.0 Å². The van der Waals surface area contributed by atoms with Gasteiger partial charge < -0.3 is 4.98 Å². The lowest BCUT2D eigenvalue weighted by atomic mass is 10.1. The van der Waals surface area contributed by atoms with Crippen LogP contribution in [-0.2, 0) is 0 Å². The van der Waals surface area contributed by atoms with E-state index in [1.54, 1.807) is 0 Å². The van der Waals surface area contributed by atoms with Gasteiger partial charge in [0.1, 0.15) is 11.2 Å². The van der Waals surface area contributed by atoms with E-state index in [-0.39, 0.29) is 5.38 Å². The number of halogens is 2. The van der Waals surface area contributed by atoms with Crippen molar-refractivity contribution in [2.75, 3.05) is 0 Å². The Balaban J connectivity index is 2.09. The van der Waals surface area contributed by atoms with Crippen LogP contribution in [0.5, 0.6) is 0 Å². The fourth-order valence-corrected chi connectivity index (χ4v) is 2.99. The maximum absolute atomic E-state index is 6.49. The van der Waals surface area contributed by atoms with E-state index in [0.717, 1.165) is 32.5 Å². The topological polar surface area (TPSA) is 28.7 Å². The highest BCUT2D eigenvalue weighted by Gasteiger charge is 2.15. The summed E-state index contributed by atoms with van der Waals surface area (Å²) >= 11 is 9.98. The van der Waals surface area contributed by atoms with Crippen molar-refractivity contribution in [1.29, 1.82) is 0 Å². The normalized spacial score (nSPS) is 12.8. The monoisotopic (exact) mass is 334 g/mol. The number of hydrogen-bond donors (Lipinski definition) is 1. The van der Waals surface area contributed by atoms with Crippen LogP contribution in [0.3, 0.4) is 0 Å². The summed E-state index contributed by atoms with van der Waals surface area (Å²) in [5.41, 5.74) is 4.15. The standard InChI is InChI=1S/C15H12BrClN2/c1-9-7-11(16)8-12-14(9)19-15(18-12)13(17)10-5-3-2-4-6-10/h2-8,13H,1H3,(H,18,19). The van der Waals surface area contributed by atoms with Gasteiger partial charge in [-0.3, -0.25) is 0 Å². The summed E-state index contributed by atoms with van der Waals surface area (Å²) in [6, 6.07) is 14.0. The van der Waals surface area contributed by atoms with Crippen molar-refractivity contribution in [3.8, 4) is 0 Å². The minimum atomic E-state index is -0.258. The van der Waals surface area contributed by atoms with Crippen LogP contribution in [0.25, 0.3) is 11.0 Å². The molecule has 1 heterocycles. The van der Waals surface area contributed by atoms with Crippen LogP contribution in [0, 0.1) is 6.92 Å². The fraction of sp³-hybridized carbons (Fsp3) is 0.133. The molecule has 0 aliphatic rings. The van der Waals surface area contributed by atoms with Crippen molar-refractivity contribution in [2.45, 2.75) is 12.3 Å². The largest absolute Gasteiger partial charge is 0.340 e. The number of nitrogens with zero attached hydrogens (tertiary/aromatic N) is 1. The average molecular weight is 336 g/mol. The highest BCUT2D eigenvalue weighted by Crippen LogP contribution is 2.30. The lowest BCUT2D eigenvalue weighted by molar-refractivity contribution is 1.00. The third-order valence-corrected chi connectivity index (χ3v) is 4.01. The van der Waals surface area contributed by atoms with Gasteiger partial charge in [-0.2, -0.15) is 0 Å². The van der Waals surface area contributed by atoms with Crippen molar-refractivity contribution in [3.63, 3.8) is 0 Å². The summed E-state index contributed by atoms with van der Waals surface area (Å²) in [6.45, 7) is 2.05. The van der Waals surface area contributed by atoms with Gasteiger partial charge in [0.15, 0.2) is 0 Å². The molecule has 0 spiro atoms. The van der Waals surface area contributed by atoms with Gasteiger partial charge in [-0.15, -0.1) is 11.6 Å². The highest BCUT2D eigenvalue weighted by atomic mass is 79.9. The van der Waals surface area contributed by atoms with Crippen LogP contribution >= 0.6 is 27.5 Å². The van der Waals surface area contributed by atoms with E-state index in [4.69, 9.17) is 11.6 Å². The van der Waals surface area contributed by atoms with Gasteiger partial charge >= 0.3 is 0 Å². The lowest BCUT2D eigenvalue weighted by Gasteiger charge is -2.05. The number of imidazole rings is 1. The van der Waals surface area contributed by atoms with Crippen LogP contribution in [0.15, 0.2) is 46.9 Å². The number of fused-ring (bicyclic) bond motifs is 1. The van der Waals surface area contributed by atoms with Gasteiger partial charge in [0.25, 0.3) is 0 Å². The molecule has 4 heteroatoms. The molecule has 0 fully saturated rings. The fourth-order valence-electron chi connectivity index (χ4n) is 2.17. The molecule has 1 atom stereocenters. The summed E-state index contributed by atoms with van der Waals surface area (Å²) in [5, 5.41) is -0.258. The number of alkyl halides is 1. The van der Waals surface area contributed by atoms with E-state index in [1.807, 2.05) is 43.3 Å². The number of rotatable bonds is 2. The Morgan fingerprint density at radius 2 is 1.95 bits per heavy atom. The first-order chi connectivity index (χ1) is 9.15. The molecule has 0 aliphatic carbocycles. The second-order valence-corrected chi connectivity index (χ2v) is 5.87. The second-order valence-electron chi connectivity index (χ2n) is 4.51. The molecule has 0 saturated carbocycles. The SMILES string of the molecule is Cc1cc(Br)cc2[nH]c(C(Cl)c3ccccc3)nc12. The average Bonchev–Trinajstić information content (AvgIpc) is 2.83. The third-order valence-electron chi connectivity index (χ3n) is 3.09. The van der Waals surface area contributed by atoms with E-state index in [9.17, 15) is 0 Å². The van der Waals surface area contributed by atoms with Crippen LogP contribution < -0.4 is 0 Å². The molecule has 0 radical (unpaired) electrons. The summed E-state index contributed by atoms with van der Waals surface area (Å²) < 4.78 is 1.04. The zero-order valence-electron chi connectivity index (χ0n) is 10.3. The Labute approximate surface area is 124 Å². The molecule has 2 aromatic carbocycles. The molecule has 1 N–H and O–H groups in total. The van der Waals surface area contributed by atoms with Crippen LogP contribution in [0.1, 0.15) is 22.3 Å². The zero-order valence-corrected chi connectivity index (χ0v) is 12.7. The summed E-state index contributed by atoms with van der Waals surface area (Å²) in [4.78, 5) is 7.92. The third kappa shape index (κ3) is 2.40. The maximum atomic E-state index is 6.49. The summed E-state index contributed by atoms with van der Waals surface area (Å²) in [6.07, 6.45) is 0. The quantitative estimate of drug-likeness (QED) is 0.659. The first-order valence-corrected chi connectivity index (χ1v) is 7.23.